The maximum atomic E-state index is 15.1. The Morgan fingerprint density at radius 3 is 2.67 bits per heavy atom. The Hall–Kier alpha value is -3.03. The molecule has 4 rings (SSSR count). The van der Waals surface area contributed by atoms with E-state index in [1.165, 1.54) is 27.9 Å². The summed E-state index contributed by atoms with van der Waals surface area (Å²) >= 11 is 0. The predicted octanol–water partition coefficient (Wildman–Crippen LogP) is 2.50. The highest BCUT2D eigenvalue weighted by atomic mass is 19.1. The fourth-order valence-electron chi connectivity index (χ4n) is 2.85. The minimum atomic E-state index is -1.42. The van der Waals surface area contributed by atoms with E-state index in [2.05, 4.69) is 4.98 Å². The molecular weight excluding hydrogens is 320 g/mol. The normalized spacial score (nSPS) is 14.2. The van der Waals surface area contributed by atoms with Crippen molar-refractivity contribution >= 4 is 16.9 Å². The van der Waals surface area contributed by atoms with Crippen LogP contribution >= 0.6 is 0 Å². The number of aromatic carboxylic acids is 1. The van der Waals surface area contributed by atoms with Crippen LogP contribution in [0.15, 0.2) is 35.8 Å². The number of halogens is 2. The van der Waals surface area contributed by atoms with Gasteiger partial charge in [0.1, 0.15) is 11.3 Å². The molecule has 1 saturated carbocycles. The highest BCUT2D eigenvalue weighted by Crippen LogP contribution is 2.38. The number of carbonyl (C=O) groups is 1. The summed E-state index contributed by atoms with van der Waals surface area (Å²) in [7, 11) is 0. The first kappa shape index (κ1) is 14.6. The van der Waals surface area contributed by atoms with Crippen molar-refractivity contribution in [1.29, 1.82) is 0 Å². The number of rotatable bonds is 3. The Kier molecular flexibility index (Phi) is 3.02. The van der Waals surface area contributed by atoms with Crippen LogP contribution in [-0.4, -0.2) is 25.2 Å². The summed E-state index contributed by atoms with van der Waals surface area (Å²) in [5.74, 6) is -3.29. The molecule has 3 aromatic rings. The lowest BCUT2D eigenvalue weighted by Crippen LogP contribution is -2.20. The SMILES string of the molecule is O=C(O)c1cn(C2CC2)c2c(F)c(-n3ccnc3)c(F)cc2c1=O. The third-order valence-electron chi connectivity index (χ3n) is 4.12. The van der Waals surface area contributed by atoms with E-state index in [0.29, 0.717) is 0 Å². The minimum Gasteiger partial charge on any atom is -0.477 e. The molecule has 0 atom stereocenters. The van der Waals surface area contributed by atoms with Gasteiger partial charge in [-0.2, -0.15) is 0 Å². The lowest BCUT2D eigenvalue weighted by Gasteiger charge is -2.15. The summed E-state index contributed by atoms with van der Waals surface area (Å²) in [6.45, 7) is 0. The van der Waals surface area contributed by atoms with Gasteiger partial charge in [0.05, 0.1) is 17.2 Å². The van der Waals surface area contributed by atoms with Gasteiger partial charge in [0, 0.05) is 24.6 Å². The van der Waals surface area contributed by atoms with Crippen molar-refractivity contribution in [2.45, 2.75) is 18.9 Å². The molecule has 0 saturated heterocycles. The second-order valence-corrected chi connectivity index (χ2v) is 5.70. The van der Waals surface area contributed by atoms with E-state index >= 15 is 4.39 Å². The average molecular weight is 331 g/mol. The van der Waals surface area contributed by atoms with Crippen LogP contribution in [0.25, 0.3) is 16.6 Å². The van der Waals surface area contributed by atoms with Gasteiger partial charge in [0.2, 0.25) is 5.43 Å². The van der Waals surface area contributed by atoms with E-state index in [1.54, 1.807) is 0 Å². The van der Waals surface area contributed by atoms with Crippen LogP contribution in [-0.2, 0) is 0 Å². The first-order chi connectivity index (χ1) is 11.5. The van der Waals surface area contributed by atoms with Crippen molar-refractivity contribution in [3.05, 3.63) is 58.4 Å². The van der Waals surface area contributed by atoms with Gasteiger partial charge in [-0.15, -0.1) is 0 Å². The lowest BCUT2D eigenvalue weighted by atomic mass is 10.1. The van der Waals surface area contributed by atoms with E-state index in [4.69, 9.17) is 0 Å². The van der Waals surface area contributed by atoms with Crippen molar-refractivity contribution in [2.24, 2.45) is 0 Å². The van der Waals surface area contributed by atoms with Gasteiger partial charge in [0.25, 0.3) is 0 Å². The molecule has 0 radical (unpaired) electrons. The number of pyridine rings is 1. The molecule has 1 aliphatic carbocycles. The summed E-state index contributed by atoms with van der Waals surface area (Å²) < 4.78 is 32.1. The average Bonchev–Trinajstić information content (AvgIpc) is 3.24. The summed E-state index contributed by atoms with van der Waals surface area (Å²) in [6.07, 6.45) is 6.65. The molecule has 1 N–H and O–H groups in total. The molecule has 0 spiro atoms. The summed E-state index contributed by atoms with van der Waals surface area (Å²) in [4.78, 5) is 27.4. The number of benzene rings is 1. The number of carboxylic acid groups (broad SMARTS) is 1. The number of hydrogen-bond donors (Lipinski definition) is 1. The van der Waals surface area contributed by atoms with Gasteiger partial charge < -0.3 is 14.2 Å². The molecule has 0 bridgehead atoms. The quantitative estimate of drug-likeness (QED) is 0.800. The number of fused-ring (bicyclic) bond motifs is 1. The Balaban J connectivity index is 2.15. The molecule has 1 aliphatic rings. The van der Waals surface area contributed by atoms with Crippen LogP contribution in [0.2, 0.25) is 0 Å². The molecule has 1 fully saturated rings. The Labute approximate surface area is 133 Å². The summed E-state index contributed by atoms with van der Waals surface area (Å²) in [5, 5.41) is 8.90. The first-order valence-corrected chi connectivity index (χ1v) is 7.27. The smallest absolute Gasteiger partial charge is 0.341 e. The van der Waals surface area contributed by atoms with Crippen LogP contribution in [0.1, 0.15) is 29.2 Å². The molecule has 0 aliphatic heterocycles. The fraction of sp³-hybridized carbons (Fsp3) is 0.188. The standard InChI is InChI=1S/C16H11F2N3O3/c17-11-5-9-13(12(18)14(11)20-4-3-19-7-20)21(8-1-2-8)6-10(15(9)22)16(23)24/h3-8H,1-2H2,(H,23,24). The van der Waals surface area contributed by atoms with E-state index in [9.17, 15) is 19.1 Å². The van der Waals surface area contributed by atoms with Gasteiger partial charge >= 0.3 is 5.97 Å². The largest absolute Gasteiger partial charge is 0.477 e. The zero-order chi connectivity index (χ0) is 17.0. The maximum Gasteiger partial charge on any atom is 0.341 e. The zero-order valence-corrected chi connectivity index (χ0v) is 12.2. The molecule has 0 unspecified atom stereocenters. The molecular formula is C16H11F2N3O3. The summed E-state index contributed by atoms with van der Waals surface area (Å²) in [5.41, 5.74) is -1.83. The van der Waals surface area contributed by atoms with Crippen molar-refractivity contribution in [3.8, 4) is 5.69 Å². The number of nitrogens with zero attached hydrogens (tertiary/aromatic N) is 3. The van der Waals surface area contributed by atoms with Crippen LogP contribution in [0.4, 0.5) is 8.78 Å². The highest BCUT2D eigenvalue weighted by Gasteiger charge is 2.30. The van der Waals surface area contributed by atoms with Gasteiger partial charge in [-0.25, -0.2) is 18.6 Å². The summed E-state index contributed by atoms with van der Waals surface area (Å²) in [6, 6.07) is 0.795. The van der Waals surface area contributed by atoms with Crippen LogP contribution in [0.5, 0.6) is 0 Å². The Bertz CT molecular complexity index is 1040. The highest BCUT2D eigenvalue weighted by molar-refractivity contribution is 5.93. The number of hydrogen-bond acceptors (Lipinski definition) is 3. The molecule has 0 amide bonds. The van der Waals surface area contributed by atoms with Gasteiger partial charge in [-0.1, -0.05) is 0 Å². The van der Waals surface area contributed by atoms with Crippen LogP contribution < -0.4 is 5.43 Å². The molecule has 1 aromatic carbocycles. The fourth-order valence-corrected chi connectivity index (χ4v) is 2.85. The predicted molar refractivity (Wildman–Crippen MR) is 80.5 cm³/mol. The molecule has 24 heavy (non-hydrogen) atoms. The molecule has 2 aromatic heterocycles. The second kappa shape index (κ2) is 4.98. The van der Waals surface area contributed by atoms with Gasteiger partial charge in [-0.3, -0.25) is 4.79 Å². The van der Waals surface area contributed by atoms with E-state index in [1.807, 2.05) is 0 Å². The molecule has 8 heteroatoms. The third kappa shape index (κ3) is 2.03. The van der Waals surface area contributed by atoms with E-state index in [-0.39, 0.29) is 22.6 Å². The zero-order valence-electron chi connectivity index (χ0n) is 12.2. The molecule has 6 nitrogen and oxygen atoms in total. The maximum absolute atomic E-state index is 15.1. The van der Waals surface area contributed by atoms with Crippen molar-refractivity contribution < 1.29 is 18.7 Å². The lowest BCUT2D eigenvalue weighted by molar-refractivity contribution is 0.0695. The number of aromatic nitrogens is 3. The topological polar surface area (TPSA) is 77.1 Å². The minimum absolute atomic E-state index is 0.0856. The first-order valence-electron chi connectivity index (χ1n) is 7.27. The second-order valence-electron chi connectivity index (χ2n) is 5.70. The van der Waals surface area contributed by atoms with E-state index < -0.39 is 28.6 Å². The Morgan fingerprint density at radius 1 is 1.33 bits per heavy atom. The Morgan fingerprint density at radius 2 is 2.08 bits per heavy atom. The van der Waals surface area contributed by atoms with Crippen molar-refractivity contribution in [2.75, 3.05) is 0 Å². The van der Waals surface area contributed by atoms with Gasteiger partial charge in [0.15, 0.2) is 11.6 Å². The third-order valence-corrected chi connectivity index (χ3v) is 4.12. The molecule has 122 valence electrons. The van der Waals surface area contributed by atoms with Gasteiger partial charge in [-0.05, 0) is 18.9 Å². The van der Waals surface area contributed by atoms with Crippen molar-refractivity contribution in [3.63, 3.8) is 0 Å². The number of imidazole rings is 1. The van der Waals surface area contributed by atoms with Crippen LogP contribution in [0, 0.1) is 11.6 Å². The van der Waals surface area contributed by atoms with Crippen LogP contribution in [0.3, 0.4) is 0 Å². The molecule has 2 heterocycles. The monoisotopic (exact) mass is 331 g/mol. The van der Waals surface area contributed by atoms with Crippen molar-refractivity contribution in [1.82, 2.24) is 14.1 Å². The number of carboxylic acids is 1. The van der Waals surface area contributed by atoms with E-state index in [0.717, 1.165) is 25.1 Å².